The van der Waals surface area contributed by atoms with Gasteiger partial charge in [0.05, 0.1) is 11.7 Å². The molecule has 4 nitrogen and oxygen atoms in total. The summed E-state index contributed by atoms with van der Waals surface area (Å²) in [6.07, 6.45) is 0.505. The van der Waals surface area contributed by atoms with Crippen LogP contribution in [0.2, 0.25) is 0 Å². The molecule has 0 bridgehead atoms. The number of nitrogens with zero attached hydrogens (tertiary/aromatic N) is 1. The highest BCUT2D eigenvalue weighted by Gasteiger charge is 2.29. The molecule has 2 atom stereocenters. The molecule has 4 heteroatoms. The normalized spacial score (nSPS) is 20.6. The van der Waals surface area contributed by atoms with Crippen LogP contribution in [0.1, 0.15) is 33.8 Å². The van der Waals surface area contributed by atoms with Gasteiger partial charge < -0.3 is 10.2 Å². The van der Waals surface area contributed by atoms with Crippen LogP contribution in [0.25, 0.3) is 10.8 Å². The van der Waals surface area contributed by atoms with Crippen molar-refractivity contribution >= 4 is 16.7 Å². The van der Waals surface area contributed by atoms with E-state index in [1.165, 1.54) is 16.3 Å². The average molecular weight is 361 g/mol. The van der Waals surface area contributed by atoms with E-state index in [0.29, 0.717) is 12.1 Å². The van der Waals surface area contributed by atoms with Gasteiger partial charge in [-0.1, -0.05) is 54.6 Å². The number of aromatic carboxylic acids is 1. The molecule has 1 heterocycles. The maximum absolute atomic E-state index is 11.0. The van der Waals surface area contributed by atoms with Crippen LogP contribution in [-0.4, -0.2) is 40.3 Å². The minimum atomic E-state index is -0.909. The Morgan fingerprint density at radius 1 is 1.00 bits per heavy atom. The van der Waals surface area contributed by atoms with Crippen LogP contribution in [0.4, 0.5) is 0 Å². The molecule has 0 spiro atoms. The summed E-state index contributed by atoms with van der Waals surface area (Å²) in [7, 11) is 0. The number of aliphatic hydroxyl groups is 1. The van der Waals surface area contributed by atoms with E-state index in [9.17, 15) is 9.90 Å². The highest BCUT2D eigenvalue weighted by Crippen LogP contribution is 2.31. The molecule has 0 unspecified atom stereocenters. The molecule has 3 aromatic carbocycles. The molecule has 0 saturated carbocycles. The van der Waals surface area contributed by atoms with Crippen molar-refractivity contribution in [2.24, 2.45) is 0 Å². The summed E-state index contributed by atoms with van der Waals surface area (Å²) in [4.78, 5) is 13.2. The van der Waals surface area contributed by atoms with Gasteiger partial charge in [0.25, 0.3) is 0 Å². The number of benzene rings is 3. The molecule has 1 aliphatic rings. The van der Waals surface area contributed by atoms with E-state index >= 15 is 0 Å². The number of hydrogen-bond acceptors (Lipinski definition) is 3. The Kier molecular flexibility index (Phi) is 4.92. The minimum absolute atomic E-state index is 0.153. The van der Waals surface area contributed by atoms with Crippen molar-refractivity contribution in [2.75, 3.05) is 13.1 Å². The summed E-state index contributed by atoms with van der Waals surface area (Å²) in [5.41, 5.74) is 2.57. The molecule has 138 valence electrons. The highest BCUT2D eigenvalue weighted by atomic mass is 16.4. The minimum Gasteiger partial charge on any atom is -0.478 e. The Bertz CT molecular complexity index is 951. The van der Waals surface area contributed by atoms with Gasteiger partial charge in [0.2, 0.25) is 0 Å². The molecule has 1 aliphatic heterocycles. The molecule has 27 heavy (non-hydrogen) atoms. The van der Waals surface area contributed by atoms with E-state index in [4.69, 9.17) is 5.11 Å². The van der Waals surface area contributed by atoms with Crippen molar-refractivity contribution in [1.82, 2.24) is 4.90 Å². The second kappa shape index (κ2) is 7.51. The number of β-amino-alcohol motifs (C(OH)–C–C–N with tert-alkyl or cyclic N) is 1. The molecule has 2 N–H and O–H groups in total. The van der Waals surface area contributed by atoms with Gasteiger partial charge in [-0.05, 0) is 47.0 Å². The molecular formula is C23H23NO3. The number of hydrogen-bond donors (Lipinski definition) is 2. The molecule has 4 rings (SSSR count). The van der Waals surface area contributed by atoms with Crippen molar-refractivity contribution in [2.45, 2.75) is 25.0 Å². The molecule has 3 aromatic rings. The summed E-state index contributed by atoms with van der Waals surface area (Å²) in [6.45, 7) is 2.26. The number of rotatable bonds is 4. The van der Waals surface area contributed by atoms with E-state index in [0.717, 1.165) is 25.1 Å². The zero-order chi connectivity index (χ0) is 18.8. The lowest BCUT2D eigenvalue weighted by Crippen LogP contribution is -2.42. The van der Waals surface area contributed by atoms with Crippen LogP contribution in [0.5, 0.6) is 0 Å². The van der Waals surface area contributed by atoms with Gasteiger partial charge in [0.15, 0.2) is 0 Å². The van der Waals surface area contributed by atoms with Crippen LogP contribution < -0.4 is 0 Å². The first-order valence-corrected chi connectivity index (χ1v) is 9.31. The van der Waals surface area contributed by atoms with Crippen LogP contribution >= 0.6 is 0 Å². The first-order valence-electron chi connectivity index (χ1n) is 9.31. The maximum atomic E-state index is 11.0. The SMILES string of the molecule is O=C(O)c1ccc(CN2CC[C@@H](c3ccc4ccccc4c3)[C@H](O)C2)cc1. The molecular weight excluding hydrogens is 338 g/mol. The second-order valence-corrected chi connectivity index (χ2v) is 7.31. The van der Waals surface area contributed by atoms with Crippen molar-refractivity contribution < 1.29 is 15.0 Å². The lowest BCUT2D eigenvalue weighted by molar-refractivity contribution is 0.0477. The summed E-state index contributed by atoms with van der Waals surface area (Å²) in [5, 5.41) is 22.2. The van der Waals surface area contributed by atoms with Crippen LogP contribution in [0.3, 0.4) is 0 Å². The monoisotopic (exact) mass is 361 g/mol. The number of aliphatic hydroxyl groups excluding tert-OH is 1. The van der Waals surface area contributed by atoms with Crippen molar-refractivity contribution in [3.8, 4) is 0 Å². The van der Waals surface area contributed by atoms with Gasteiger partial charge in [0.1, 0.15) is 0 Å². The van der Waals surface area contributed by atoms with Crippen LogP contribution in [-0.2, 0) is 6.54 Å². The van der Waals surface area contributed by atoms with Gasteiger partial charge >= 0.3 is 5.97 Å². The summed E-state index contributed by atoms with van der Waals surface area (Å²) < 4.78 is 0. The number of carboxylic acid groups (broad SMARTS) is 1. The largest absolute Gasteiger partial charge is 0.478 e. The fourth-order valence-electron chi connectivity index (χ4n) is 3.98. The fraction of sp³-hybridized carbons (Fsp3) is 0.261. The van der Waals surface area contributed by atoms with Crippen LogP contribution in [0.15, 0.2) is 66.7 Å². The van der Waals surface area contributed by atoms with Crippen molar-refractivity contribution in [3.63, 3.8) is 0 Å². The van der Waals surface area contributed by atoms with Crippen LogP contribution in [0, 0.1) is 0 Å². The van der Waals surface area contributed by atoms with Crippen molar-refractivity contribution in [1.29, 1.82) is 0 Å². The third kappa shape index (κ3) is 3.87. The number of carboxylic acids is 1. The molecule has 0 radical (unpaired) electrons. The first kappa shape index (κ1) is 17.7. The Balaban J connectivity index is 1.43. The second-order valence-electron chi connectivity index (χ2n) is 7.31. The van der Waals surface area contributed by atoms with E-state index < -0.39 is 12.1 Å². The number of fused-ring (bicyclic) bond motifs is 1. The van der Waals surface area contributed by atoms with Crippen molar-refractivity contribution in [3.05, 3.63) is 83.4 Å². The van der Waals surface area contributed by atoms with E-state index in [2.05, 4.69) is 35.2 Å². The Morgan fingerprint density at radius 3 is 2.44 bits per heavy atom. The molecule has 0 aromatic heterocycles. The maximum Gasteiger partial charge on any atom is 0.335 e. The summed E-state index contributed by atoms with van der Waals surface area (Å²) in [6, 6.07) is 21.7. The van der Waals surface area contributed by atoms with Gasteiger partial charge in [-0.15, -0.1) is 0 Å². The predicted octanol–water partition coefficient (Wildman–Crippen LogP) is 3.89. The van der Waals surface area contributed by atoms with E-state index in [-0.39, 0.29) is 5.92 Å². The van der Waals surface area contributed by atoms with Gasteiger partial charge in [-0.3, -0.25) is 4.90 Å². The van der Waals surface area contributed by atoms with Gasteiger partial charge in [-0.25, -0.2) is 4.79 Å². The van der Waals surface area contributed by atoms with Gasteiger partial charge in [-0.2, -0.15) is 0 Å². The quantitative estimate of drug-likeness (QED) is 0.740. The summed E-state index contributed by atoms with van der Waals surface area (Å²) in [5.74, 6) is -0.756. The number of piperidine rings is 1. The Labute approximate surface area is 158 Å². The highest BCUT2D eigenvalue weighted by molar-refractivity contribution is 5.87. The summed E-state index contributed by atoms with van der Waals surface area (Å²) >= 11 is 0. The predicted molar refractivity (Wildman–Crippen MR) is 106 cm³/mol. The lowest BCUT2D eigenvalue weighted by atomic mass is 9.86. The number of likely N-dealkylation sites (tertiary alicyclic amines) is 1. The Hall–Kier alpha value is -2.69. The van der Waals surface area contributed by atoms with E-state index in [1.54, 1.807) is 12.1 Å². The first-order chi connectivity index (χ1) is 13.1. The fourth-order valence-corrected chi connectivity index (χ4v) is 3.98. The smallest absolute Gasteiger partial charge is 0.335 e. The molecule has 1 fully saturated rings. The third-order valence-electron chi connectivity index (χ3n) is 5.47. The van der Waals surface area contributed by atoms with Gasteiger partial charge in [0, 0.05) is 19.0 Å². The molecule has 0 aliphatic carbocycles. The zero-order valence-corrected chi connectivity index (χ0v) is 15.1. The zero-order valence-electron chi connectivity index (χ0n) is 15.1. The number of carbonyl (C=O) groups is 1. The molecule has 0 amide bonds. The average Bonchev–Trinajstić information content (AvgIpc) is 2.68. The Morgan fingerprint density at radius 2 is 1.74 bits per heavy atom. The lowest BCUT2D eigenvalue weighted by Gasteiger charge is -2.36. The van der Waals surface area contributed by atoms with E-state index in [1.807, 2.05) is 24.3 Å². The molecule has 1 saturated heterocycles. The topological polar surface area (TPSA) is 60.8 Å². The third-order valence-corrected chi connectivity index (χ3v) is 5.47. The standard InChI is InChI=1S/C23H23NO3/c25-22-15-24(14-16-5-7-18(8-6-16)23(26)27)12-11-21(22)20-10-9-17-3-1-2-4-19(17)13-20/h1-10,13,21-22,25H,11-12,14-15H2,(H,26,27)/t21-,22+/m0/s1.